The molecule has 4 nitrogen and oxygen atoms in total. The van der Waals surface area contributed by atoms with Gasteiger partial charge in [0.1, 0.15) is 0 Å². The minimum absolute atomic E-state index is 0.113. The molecule has 5 heteroatoms. The summed E-state index contributed by atoms with van der Waals surface area (Å²) in [7, 11) is 1.49. The zero-order chi connectivity index (χ0) is 8.55. The summed E-state index contributed by atoms with van der Waals surface area (Å²) in [5.74, 6) is 0.363. The molecule has 2 aromatic heterocycles. The fourth-order valence-electron chi connectivity index (χ4n) is 0.927. The summed E-state index contributed by atoms with van der Waals surface area (Å²) in [6.45, 7) is 0. The first-order chi connectivity index (χ1) is 5.81. The first kappa shape index (κ1) is 7.30. The summed E-state index contributed by atoms with van der Waals surface area (Å²) >= 11 is 1.40. The molecule has 0 unspecified atom stereocenters. The zero-order valence-corrected chi connectivity index (χ0v) is 7.17. The van der Waals surface area contributed by atoms with Gasteiger partial charge in [-0.05, 0) is 0 Å². The molecule has 0 aromatic carbocycles. The summed E-state index contributed by atoms with van der Waals surface area (Å²) in [5.41, 5.74) is -0.113. The minimum atomic E-state index is -0.113. The van der Waals surface area contributed by atoms with Crippen molar-refractivity contribution in [2.75, 3.05) is 7.11 Å². The molecule has 2 rings (SSSR count). The van der Waals surface area contributed by atoms with Gasteiger partial charge in [-0.25, -0.2) is 0 Å². The summed E-state index contributed by atoms with van der Waals surface area (Å²) in [6, 6.07) is 1.36. The molecule has 0 aliphatic rings. The van der Waals surface area contributed by atoms with E-state index in [1.165, 1.54) is 28.9 Å². The van der Waals surface area contributed by atoms with Crippen LogP contribution in [0.5, 0.6) is 5.88 Å². The van der Waals surface area contributed by atoms with E-state index < -0.39 is 0 Å². The van der Waals surface area contributed by atoms with Crippen molar-refractivity contribution in [2.24, 2.45) is 0 Å². The Balaban J connectivity index is 2.84. The van der Waals surface area contributed by atoms with E-state index in [0.29, 0.717) is 10.8 Å². The number of thiazole rings is 1. The first-order valence-corrected chi connectivity index (χ1v) is 4.20. The van der Waals surface area contributed by atoms with Gasteiger partial charge in [0.2, 0.25) is 5.88 Å². The van der Waals surface area contributed by atoms with E-state index in [-0.39, 0.29) is 5.56 Å². The number of rotatable bonds is 1. The van der Waals surface area contributed by atoms with Crippen LogP contribution in [0.3, 0.4) is 0 Å². The molecule has 0 aliphatic carbocycles. The molecule has 62 valence electrons. The van der Waals surface area contributed by atoms with Gasteiger partial charge in [0, 0.05) is 11.6 Å². The molecule has 2 heterocycles. The number of hydrogen-bond acceptors (Lipinski definition) is 4. The Morgan fingerprint density at radius 2 is 2.50 bits per heavy atom. The predicted molar refractivity (Wildman–Crippen MR) is 45.9 cm³/mol. The monoisotopic (exact) mass is 182 g/mol. The van der Waals surface area contributed by atoms with Gasteiger partial charge in [0.15, 0.2) is 4.96 Å². The normalized spacial score (nSPS) is 10.4. The van der Waals surface area contributed by atoms with Crippen LogP contribution >= 0.6 is 11.3 Å². The summed E-state index contributed by atoms with van der Waals surface area (Å²) < 4.78 is 6.33. The lowest BCUT2D eigenvalue weighted by Gasteiger charge is -1.96. The maximum absolute atomic E-state index is 11.3. The van der Waals surface area contributed by atoms with Crippen LogP contribution in [-0.4, -0.2) is 16.5 Å². The first-order valence-electron chi connectivity index (χ1n) is 3.32. The Kier molecular flexibility index (Phi) is 1.58. The van der Waals surface area contributed by atoms with Gasteiger partial charge < -0.3 is 4.74 Å². The number of aromatic nitrogens is 2. The van der Waals surface area contributed by atoms with Crippen molar-refractivity contribution in [1.29, 1.82) is 0 Å². The molecule has 0 N–H and O–H groups in total. The zero-order valence-electron chi connectivity index (χ0n) is 6.35. The number of methoxy groups -OCH3 is 1. The van der Waals surface area contributed by atoms with Crippen LogP contribution in [0, 0.1) is 0 Å². The van der Waals surface area contributed by atoms with E-state index in [9.17, 15) is 4.79 Å². The smallest absolute Gasteiger partial charge is 0.262 e. The maximum atomic E-state index is 11.3. The Morgan fingerprint density at radius 1 is 1.67 bits per heavy atom. The fraction of sp³-hybridized carbons (Fsp3) is 0.143. The second-order valence-electron chi connectivity index (χ2n) is 2.19. The van der Waals surface area contributed by atoms with E-state index in [0.717, 1.165) is 0 Å². The lowest BCUT2D eigenvalue weighted by Crippen LogP contribution is -2.11. The molecule has 0 saturated heterocycles. The Hall–Kier alpha value is -1.36. The highest BCUT2D eigenvalue weighted by molar-refractivity contribution is 7.15. The standard InChI is InChI=1S/C7H6N2O2S/c1-11-5-4-6(10)9-2-3-12-7(9)8-5/h2-4H,1H3. The highest BCUT2D eigenvalue weighted by Gasteiger charge is 2.01. The Labute approximate surface area is 72.1 Å². The average Bonchev–Trinajstić information content (AvgIpc) is 2.52. The summed E-state index contributed by atoms with van der Waals surface area (Å²) in [4.78, 5) is 16.0. The molecule has 0 bridgehead atoms. The van der Waals surface area contributed by atoms with Crippen LogP contribution in [0.2, 0.25) is 0 Å². The minimum Gasteiger partial charge on any atom is -0.481 e. The molecule has 0 atom stereocenters. The summed E-state index contributed by atoms with van der Waals surface area (Å²) in [6.07, 6.45) is 1.69. The third-order valence-electron chi connectivity index (χ3n) is 1.49. The quantitative estimate of drug-likeness (QED) is 0.654. The predicted octanol–water partition coefficient (Wildman–Crippen LogP) is 0.765. The van der Waals surface area contributed by atoms with Crippen LogP contribution in [0.25, 0.3) is 4.96 Å². The molecule has 0 saturated carbocycles. The van der Waals surface area contributed by atoms with E-state index in [1.807, 2.05) is 5.38 Å². The van der Waals surface area contributed by atoms with Crippen molar-refractivity contribution in [1.82, 2.24) is 9.38 Å². The lowest BCUT2D eigenvalue weighted by molar-refractivity contribution is 0.398. The summed E-state index contributed by atoms with van der Waals surface area (Å²) in [5, 5.41) is 1.81. The molecule has 12 heavy (non-hydrogen) atoms. The van der Waals surface area contributed by atoms with Crippen LogP contribution in [-0.2, 0) is 0 Å². The number of nitrogens with zero attached hydrogens (tertiary/aromatic N) is 2. The van der Waals surface area contributed by atoms with E-state index in [4.69, 9.17) is 4.74 Å². The average molecular weight is 182 g/mol. The van der Waals surface area contributed by atoms with Crippen LogP contribution in [0.1, 0.15) is 0 Å². The highest BCUT2D eigenvalue weighted by atomic mass is 32.1. The molecule has 0 spiro atoms. The van der Waals surface area contributed by atoms with Gasteiger partial charge in [0.25, 0.3) is 5.56 Å². The van der Waals surface area contributed by atoms with Crippen molar-refractivity contribution in [3.05, 3.63) is 28.0 Å². The largest absolute Gasteiger partial charge is 0.481 e. The van der Waals surface area contributed by atoms with E-state index in [1.54, 1.807) is 6.20 Å². The molecule has 0 amide bonds. The van der Waals surface area contributed by atoms with Gasteiger partial charge in [-0.15, -0.1) is 11.3 Å². The Morgan fingerprint density at radius 3 is 3.25 bits per heavy atom. The molecule has 2 aromatic rings. The lowest BCUT2D eigenvalue weighted by atomic mass is 10.6. The maximum Gasteiger partial charge on any atom is 0.262 e. The van der Waals surface area contributed by atoms with Gasteiger partial charge in [-0.2, -0.15) is 4.98 Å². The third-order valence-corrected chi connectivity index (χ3v) is 2.25. The highest BCUT2D eigenvalue weighted by Crippen LogP contribution is 2.09. The number of hydrogen-bond donors (Lipinski definition) is 0. The van der Waals surface area contributed by atoms with Gasteiger partial charge in [-0.1, -0.05) is 0 Å². The Bertz CT molecular complexity index is 460. The fourth-order valence-corrected chi connectivity index (χ4v) is 1.64. The van der Waals surface area contributed by atoms with Gasteiger partial charge in [-0.3, -0.25) is 9.20 Å². The van der Waals surface area contributed by atoms with Crippen molar-refractivity contribution in [2.45, 2.75) is 0 Å². The van der Waals surface area contributed by atoms with Crippen LogP contribution in [0.4, 0.5) is 0 Å². The molecule has 0 radical (unpaired) electrons. The van der Waals surface area contributed by atoms with Crippen LogP contribution < -0.4 is 10.3 Å². The van der Waals surface area contributed by atoms with Crippen LogP contribution in [0.15, 0.2) is 22.4 Å². The van der Waals surface area contributed by atoms with Crippen molar-refractivity contribution in [3.63, 3.8) is 0 Å². The van der Waals surface area contributed by atoms with E-state index >= 15 is 0 Å². The molecule has 0 fully saturated rings. The third kappa shape index (κ3) is 0.984. The molecular formula is C7H6N2O2S. The van der Waals surface area contributed by atoms with E-state index in [2.05, 4.69) is 4.98 Å². The molecule has 0 aliphatic heterocycles. The topological polar surface area (TPSA) is 43.6 Å². The second kappa shape index (κ2) is 2.60. The molecular weight excluding hydrogens is 176 g/mol. The van der Waals surface area contributed by atoms with Crippen molar-refractivity contribution < 1.29 is 4.74 Å². The number of fused-ring (bicyclic) bond motifs is 1. The SMILES string of the molecule is COc1cc(=O)n2ccsc2n1. The number of ether oxygens (including phenoxy) is 1. The van der Waals surface area contributed by atoms with Crippen molar-refractivity contribution >= 4 is 16.3 Å². The second-order valence-corrected chi connectivity index (χ2v) is 3.07. The van der Waals surface area contributed by atoms with Gasteiger partial charge in [0.05, 0.1) is 13.2 Å². The van der Waals surface area contributed by atoms with Crippen molar-refractivity contribution in [3.8, 4) is 5.88 Å². The van der Waals surface area contributed by atoms with Gasteiger partial charge >= 0.3 is 0 Å².